The molecule has 3 heterocycles. The van der Waals surface area contributed by atoms with E-state index < -0.39 is 12.0 Å². The first-order valence-electron chi connectivity index (χ1n) is 10.0. The van der Waals surface area contributed by atoms with Crippen LogP contribution < -0.4 is 20.7 Å². The molecule has 1 amide bonds. The van der Waals surface area contributed by atoms with E-state index >= 15 is 0 Å². The number of alkyl halides is 2. The largest absolute Gasteiger partial charge is 0.433 e. The van der Waals surface area contributed by atoms with Crippen molar-refractivity contribution in [1.82, 2.24) is 15.0 Å². The number of aromatic nitrogens is 3. The first-order valence-corrected chi connectivity index (χ1v) is 10.0. The molecule has 1 fully saturated rings. The number of carbonyl (C=O) groups is 1. The molecule has 2 aromatic heterocycles. The van der Waals surface area contributed by atoms with Gasteiger partial charge in [-0.1, -0.05) is 0 Å². The van der Waals surface area contributed by atoms with Crippen LogP contribution in [0.5, 0.6) is 5.75 Å². The maximum atomic E-state index is 13.0. The van der Waals surface area contributed by atoms with E-state index in [1.165, 1.54) is 36.8 Å². The van der Waals surface area contributed by atoms with Crippen LogP contribution in [0.1, 0.15) is 23.7 Å². The second-order valence-electron chi connectivity index (χ2n) is 7.61. The molecule has 1 saturated heterocycles. The molecule has 8 nitrogen and oxygen atoms in total. The summed E-state index contributed by atoms with van der Waals surface area (Å²) in [6.07, 6.45) is 3.83. The van der Waals surface area contributed by atoms with Gasteiger partial charge in [0.05, 0.1) is 5.56 Å². The van der Waals surface area contributed by atoms with E-state index in [0.29, 0.717) is 30.5 Å². The minimum atomic E-state index is -3.28. The standard InChI is InChI=1S/C22H22F2N6O2/c1-22(23,24)32-18-4-2-17(3-5-18)29-21(31)14-8-19(15-9-26-13-27-10-15)20(28-11-14)30-7-6-16(25)12-30/h2-5,8-11,13,16H,6-7,12,25H2,1H3,(H,29,31)/t16-/m1/s1. The van der Waals surface area contributed by atoms with Crippen molar-refractivity contribution in [3.05, 3.63) is 60.8 Å². The van der Waals surface area contributed by atoms with Gasteiger partial charge in [-0.25, -0.2) is 15.0 Å². The first kappa shape index (κ1) is 21.6. The molecule has 32 heavy (non-hydrogen) atoms. The molecule has 0 aliphatic carbocycles. The molecule has 1 aliphatic heterocycles. The number of anilines is 2. The molecule has 1 aromatic carbocycles. The van der Waals surface area contributed by atoms with Crippen molar-refractivity contribution in [2.75, 3.05) is 23.3 Å². The van der Waals surface area contributed by atoms with E-state index in [2.05, 4.69) is 29.9 Å². The van der Waals surface area contributed by atoms with Crippen LogP contribution in [0.15, 0.2) is 55.2 Å². The van der Waals surface area contributed by atoms with Gasteiger partial charge in [0.15, 0.2) is 0 Å². The lowest BCUT2D eigenvalue weighted by Crippen LogP contribution is -2.27. The summed E-state index contributed by atoms with van der Waals surface area (Å²) in [5, 5.41) is 2.74. The van der Waals surface area contributed by atoms with E-state index in [1.807, 2.05) is 0 Å². The molecule has 166 valence electrons. The van der Waals surface area contributed by atoms with Crippen molar-refractivity contribution in [2.24, 2.45) is 5.73 Å². The highest BCUT2D eigenvalue weighted by atomic mass is 19.3. The Morgan fingerprint density at radius 3 is 2.56 bits per heavy atom. The Balaban J connectivity index is 1.57. The van der Waals surface area contributed by atoms with Crippen molar-refractivity contribution >= 4 is 17.4 Å². The Bertz CT molecular complexity index is 1090. The number of carbonyl (C=O) groups excluding carboxylic acids is 1. The van der Waals surface area contributed by atoms with Crippen molar-refractivity contribution in [3.63, 3.8) is 0 Å². The van der Waals surface area contributed by atoms with Crippen LogP contribution in [-0.4, -0.2) is 46.1 Å². The van der Waals surface area contributed by atoms with Crippen molar-refractivity contribution < 1.29 is 18.3 Å². The van der Waals surface area contributed by atoms with Gasteiger partial charge >= 0.3 is 6.11 Å². The van der Waals surface area contributed by atoms with Crippen molar-refractivity contribution in [1.29, 1.82) is 0 Å². The van der Waals surface area contributed by atoms with Gasteiger partial charge in [0.2, 0.25) is 0 Å². The predicted octanol–water partition coefficient (Wildman–Crippen LogP) is 3.32. The Kier molecular flexibility index (Phi) is 5.95. The van der Waals surface area contributed by atoms with Crippen LogP contribution in [0.2, 0.25) is 0 Å². The molecule has 1 aliphatic rings. The van der Waals surface area contributed by atoms with Crippen LogP contribution in [0.25, 0.3) is 11.1 Å². The Morgan fingerprint density at radius 1 is 1.22 bits per heavy atom. The van der Waals surface area contributed by atoms with Gasteiger partial charge in [-0.15, -0.1) is 0 Å². The molecule has 10 heteroatoms. The third-order valence-corrected chi connectivity index (χ3v) is 4.93. The molecule has 3 N–H and O–H groups in total. The van der Waals surface area contributed by atoms with E-state index in [0.717, 1.165) is 24.1 Å². The molecule has 4 rings (SSSR count). The minimum Gasteiger partial charge on any atom is -0.433 e. The molecule has 0 unspecified atom stereocenters. The summed E-state index contributed by atoms with van der Waals surface area (Å²) < 4.78 is 30.4. The summed E-state index contributed by atoms with van der Waals surface area (Å²) in [5.74, 6) is 0.317. The van der Waals surface area contributed by atoms with Crippen molar-refractivity contribution in [2.45, 2.75) is 25.5 Å². The summed E-state index contributed by atoms with van der Waals surface area (Å²) in [4.78, 5) is 27.6. The quantitative estimate of drug-likeness (QED) is 0.606. The van der Waals surface area contributed by atoms with Crippen LogP contribution in [0.3, 0.4) is 0 Å². The fraction of sp³-hybridized carbons (Fsp3) is 0.273. The smallest absolute Gasteiger partial charge is 0.394 e. The lowest BCUT2D eigenvalue weighted by Gasteiger charge is -2.21. The fourth-order valence-electron chi connectivity index (χ4n) is 3.48. The number of amides is 1. The van der Waals surface area contributed by atoms with Crippen LogP contribution >= 0.6 is 0 Å². The zero-order valence-corrected chi connectivity index (χ0v) is 17.3. The van der Waals surface area contributed by atoms with Crippen LogP contribution in [-0.2, 0) is 0 Å². The van der Waals surface area contributed by atoms with Crippen LogP contribution in [0, 0.1) is 0 Å². The van der Waals surface area contributed by atoms with Crippen LogP contribution in [0.4, 0.5) is 20.3 Å². The first-order chi connectivity index (χ1) is 15.3. The SMILES string of the molecule is CC(F)(F)Oc1ccc(NC(=O)c2cnc(N3CC[C@@H](N)C3)c(-c3cncnc3)c2)cc1. The van der Waals surface area contributed by atoms with E-state index in [9.17, 15) is 13.6 Å². The lowest BCUT2D eigenvalue weighted by molar-refractivity contribution is -0.158. The molecular formula is C22H22F2N6O2. The highest BCUT2D eigenvalue weighted by molar-refractivity contribution is 6.05. The maximum Gasteiger partial charge on any atom is 0.394 e. The summed E-state index contributed by atoms with van der Waals surface area (Å²) in [5.41, 5.74) is 8.26. The molecule has 0 spiro atoms. The zero-order chi connectivity index (χ0) is 22.7. The maximum absolute atomic E-state index is 13.0. The third-order valence-electron chi connectivity index (χ3n) is 4.93. The van der Waals surface area contributed by atoms with Crippen molar-refractivity contribution in [3.8, 4) is 16.9 Å². The minimum absolute atomic E-state index is 0.00305. The van der Waals surface area contributed by atoms with Gasteiger partial charge in [-0.2, -0.15) is 8.78 Å². The molecule has 0 saturated carbocycles. The summed E-state index contributed by atoms with van der Waals surface area (Å²) in [6.45, 7) is 2.10. The number of nitrogens with zero attached hydrogens (tertiary/aromatic N) is 4. The Morgan fingerprint density at radius 2 is 1.94 bits per heavy atom. The summed E-state index contributed by atoms with van der Waals surface area (Å²) in [7, 11) is 0. The second kappa shape index (κ2) is 8.83. The van der Waals surface area contributed by atoms with Gasteiger partial charge in [0, 0.05) is 61.5 Å². The van der Waals surface area contributed by atoms with E-state index in [4.69, 9.17) is 5.73 Å². The Hall–Kier alpha value is -3.66. The second-order valence-corrected chi connectivity index (χ2v) is 7.61. The number of ether oxygens (including phenoxy) is 1. The fourth-order valence-corrected chi connectivity index (χ4v) is 3.48. The molecule has 0 radical (unpaired) electrons. The molecule has 3 aromatic rings. The number of benzene rings is 1. The topological polar surface area (TPSA) is 106 Å². The van der Waals surface area contributed by atoms with E-state index in [1.54, 1.807) is 18.5 Å². The highest BCUT2D eigenvalue weighted by Crippen LogP contribution is 2.31. The lowest BCUT2D eigenvalue weighted by atomic mass is 10.1. The number of hydrogen-bond acceptors (Lipinski definition) is 7. The Labute approximate surface area is 183 Å². The normalized spacial score (nSPS) is 16.1. The number of nitrogens with one attached hydrogen (secondary N) is 1. The number of rotatable bonds is 6. The highest BCUT2D eigenvalue weighted by Gasteiger charge is 2.25. The average Bonchev–Trinajstić information content (AvgIpc) is 3.20. The number of halogens is 2. The van der Waals surface area contributed by atoms with Gasteiger partial charge in [-0.05, 0) is 36.8 Å². The number of pyridine rings is 1. The van der Waals surface area contributed by atoms with Gasteiger partial charge in [0.1, 0.15) is 17.9 Å². The molecule has 0 bridgehead atoms. The van der Waals surface area contributed by atoms with Gasteiger partial charge in [0.25, 0.3) is 5.91 Å². The number of nitrogens with two attached hydrogens (primary N) is 1. The molecular weight excluding hydrogens is 418 g/mol. The molecule has 1 atom stereocenters. The van der Waals surface area contributed by atoms with E-state index in [-0.39, 0.29) is 11.8 Å². The summed E-state index contributed by atoms with van der Waals surface area (Å²) in [6, 6.07) is 7.49. The monoisotopic (exact) mass is 440 g/mol. The summed E-state index contributed by atoms with van der Waals surface area (Å²) >= 11 is 0. The third kappa shape index (κ3) is 5.14. The zero-order valence-electron chi connectivity index (χ0n) is 17.3. The van der Waals surface area contributed by atoms with Gasteiger partial charge in [-0.3, -0.25) is 4.79 Å². The number of hydrogen-bond donors (Lipinski definition) is 2. The van der Waals surface area contributed by atoms with Gasteiger partial charge < -0.3 is 20.7 Å². The average molecular weight is 440 g/mol. The predicted molar refractivity (Wildman–Crippen MR) is 116 cm³/mol.